The van der Waals surface area contributed by atoms with Crippen LogP contribution in [0.25, 0.3) is 0 Å². The SMILES string of the molecule is CO[C@@H]1OC(CO[C@@H]2OC(COCc3ccccc3)[C@@H](OCc3ccccc3)[C@@H](OCc3ccccc3)C2OC(=O)C(C)(C)C)[C@@H](OCc2ccccc2)[C@@H](OCc2ccccc2)C1OB(C)P. The van der Waals surface area contributed by atoms with E-state index in [4.69, 9.17) is 52.0 Å². The van der Waals surface area contributed by atoms with E-state index in [0.717, 1.165) is 27.8 Å². The Morgan fingerprint density at radius 1 is 0.500 bits per heavy atom. The molecule has 362 valence electrons. The van der Waals surface area contributed by atoms with Gasteiger partial charge in [0.25, 0.3) is 0 Å². The van der Waals surface area contributed by atoms with Crippen LogP contribution in [0.3, 0.4) is 0 Å². The third-order valence-electron chi connectivity index (χ3n) is 11.6. The van der Waals surface area contributed by atoms with Crippen molar-refractivity contribution in [3.63, 3.8) is 0 Å². The average molecular weight is 949 g/mol. The summed E-state index contributed by atoms with van der Waals surface area (Å²) in [7, 11) is 4.25. The lowest BCUT2D eigenvalue weighted by molar-refractivity contribution is -0.342. The molecule has 2 aliphatic heterocycles. The van der Waals surface area contributed by atoms with Crippen molar-refractivity contribution in [2.45, 2.75) is 122 Å². The Hall–Kier alpha value is -4.34. The molecule has 11 atom stereocenters. The number of hydrogen-bond acceptors (Lipinski definition) is 12. The van der Waals surface area contributed by atoms with Gasteiger partial charge in [-0.15, -0.1) is 9.12 Å². The van der Waals surface area contributed by atoms with Crippen LogP contribution < -0.4 is 0 Å². The molecule has 12 nitrogen and oxygen atoms in total. The van der Waals surface area contributed by atoms with Gasteiger partial charge in [-0.25, -0.2) is 0 Å². The van der Waals surface area contributed by atoms with E-state index in [-0.39, 0.29) is 46.3 Å². The molecule has 2 heterocycles. The Morgan fingerprint density at radius 3 is 1.26 bits per heavy atom. The lowest BCUT2D eigenvalue weighted by Crippen LogP contribution is -2.64. The minimum Gasteiger partial charge on any atom is -0.454 e. The molecule has 5 unspecified atom stereocenters. The van der Waals surface area contributed by atoms with Crippen LogP contribution in [0.4, 0.5) is 0 Å². The molecule has 2 saturated heterocycles. The fourth-order valence-electron chi connectivity index (χ4n) is 8.07. The third-order valence-corrected chi connectivity index (χ3v) is 11.8. The second kappa shape index (κ2) is 26.0. The molecule has 68 heavy (non-hydrogen) atoms. The summed E-state index contributed by atoms with van der Waals surface area (Å²) in [6.07, 6.45) is -8.49. The van der Waals surface area contributed by atoms with Crippen molar-refractivity contribution in [3.8, 4) is 0 Å². The van der Waals surface area contributed by atoms with Crippen LogP contribution in [-0.4, -0.2) is 94.3 Å². The molecular weight excluding hydrogens is 882 g/mol. The van der Waals surface area contributed by atoms with E-state index in [9.17, 15) is 4.79 Å². The summed E-state index contributed by atoms with van der Waals surface area (Å²) >= 11 is 0. The zero-order valence-corrected chi connectivity index (χ0v) is 40.9. The lowest BCUT2D eigenvalue weighted by atomic mass is 9.94. The summed E-state index contributed by atoms with van der Waals surface area (Å²) in [6.45, 7) is 8.35. The predicted molar refractivity (Wildman–Crippen MR) is 262 cm³/mol. The fraction of sp³-hybridized carbons (Fsp3) is 0.426. The van der Waals surface area contributed by atoms with Gasteiger partial charge in [0, 0.05) is 7.11 Å². The molecule has 5 aromatic rings. The number of carbonyl (C=O) groups is 1. The van der Waals surface area contributed by atoms with Crippen LogP contribution >= 0.6 is 9.12 Å². The second-order valence-corrected chi connectivity index (χ2v) is 19.1. The molecule has 0 aromatic heterocycles. The van der Waals surface area contributed by atoms with E-state index in [1.165, 1.54) is 0 Å². The standard InChI is InChI=1S/C54H66BO12P/c1-54(2,3)53(56)66-49-47(61-34-41-27-17-9-18-28-41)45(59-32-39-23-13-7-14-24-39)43(36-58-31-38-21-11-6-12-22-38)65-52(49)63-37-44-46(60-33-40-25-15-8-16-26-40)48(62-35-42-29-19-10-20-30-42)50(67-55(4)68)51(57-5)64-44/h6-30,43-52H,31-37,68H2,1-5H3/t43?,44?,45-,46-,47-,48-,49?,50?,51-,52-/m1/s1. The largest absolute Gasteiger partial charge is 0.454 e. The summed E-state index contributed by atoms with van der Waals surface area (Å²) in [6, 6.07) is 49.4. The zero-order chi connectivity index (χ0) is 47.7. The molecule has 0 radical (unpaired) electrons. The van der Waals surface area contributed by atoms with Gasteiger partial charge in [-0.05, 0) is 48.6 Å². The van der Waals surface area contributed by atoms with E-state index in [0.29, 0.717) is 6.61 Å². The molecule has 2 aliphatic rings. The van der Waals surface area contributed by atoms with E-state index < -0.39 is 72.8 Å². The van der Waals surface area contributed by atoms with Crippen LogP contribution in [0.15, 0.2) is 152 Å². The van der Waals surface area contributed by atoms with Crippen molar-refractivity contribution in [3.05, 3.63) is 179 Å². The van der Waals surface area contributed by atoms with Gasteiger partial charge in [0.15, 0.2) is 18.7 Å². The van der Waals surface area contributed by atoms with Gasteiger partial charge in [0.05, 0.1) is 51.7 Å². The Balaban J connectivity index is 1.24. The number of ether oxygens (including phenoxy) is 10. The van der Waals surface area contributed by atoms with Gasteiger partial charge in [0.2, 0.25) is 0 Å². The highest BCUT2D eigenvalue weighted by Crippen LogP contribution is 2.35. The van der Waals surface area contributed by atoms with Gasteiger partial charge in [-0.3, -0.25) is 4.79 Å². The van der Waals surface area contributed by atoms with E-state index in [1.54, 1.807) is 27.9 Å². The number of rotatable bonds is 23. The van der Waals surface area contributed by atoms with Crippen molar-refractivity contribution in [1.29, 1.82) is 0 Å². The van der Waals surface area contributed by atoms with Crippen molar-refractivity contribution >= 4 is 21.7 Å². The first-order valence-corrected chi connectivity index (χ1v) is 24.0. The number of hydrogen-bond donors (Lipinski definition) is 0. The van der Waals surface area contributed by atoms with Gasteiger partial charge in [0.1, 0.15) is 42.7 Å². The van der Waals surface area contributed by atoms with Gasteiger partial charge < -0.3 is 52.0 Å². The van der Waals surface area contributed by atoms with E-state index in [1.807, 2.05) is 158 Å². The molecule has 14 heteroatoms. The van der Waals surface area contributed by atoms with Gasteiger partial charge >= 0.3 is 12.6 Å². The molecule has 0 N–H and O–H groups in total. The maximum absolute atomic E-state index is 14.1. The van der Waals surface area contributed by atoms with Crippen LogP contribution in [0.1, 0.15) is 48.6 Å². The summed E-state index contributed by atoms with van der Waals surface area (Å²) in [4.78, 5) is 14.1. The molecule has 0 saturated carbocycles. The van der Waals surface area contributed by atoms with Crippen molar-refractivity contribution in [2.75, 3.05) is 20.3 Å². The molecule has 0 bridgehead atoms. The molecule has 0 aliphatic carbocycles. The Labute approximate surface area is 404 Å². The lowest BCUT2D eigenvalue weighted by Gasteiger charge is -2.48. The summed E-state index contributed by atoms with van der Waals surface area (Å²) < 4.78 is 73.2. The monoisotopic (exact) mass is 948 g/mol. The highest BCUT2D eigenvalue weighted by molar-refractivity contribution is 7.60. The Morgan fingerprint density at radius 2 is 0.868 bits per heavy atom. The zero-order valence-electron chi connectivity index (χ0n) is 39.7. The van der Waals surface area contributed by atoms with Crippen molar-refractivity contribution < 1.29 is 56.8 Å². The number of esters is 1. The molecule has 7 rings (SSSR count). The molecule has 0 amide bonds. The summed E-state index contributed by atoms with van der Waals surface area (Å²) in [5.74, 6) is -0.466. The third kappa shape index (κ3) is 15.1. The second-order valence-electron chi connectivity index (χ2n) is 18.1. The first-order chi connectivity index (χ1) is 33.1. The molecular formula is C54H66BO12P. The number of benzene rings is 5. The summed E-state index contributed by atoms with van der Waals surface area (Å²) in [5, 5.41) is 0. The quantitative estimate of drug-likeness (QED) is 0.0354. The minimum absolute atomic E-state index is 0.0968. The fourth-order valence-corrected chi connectivity index (χ4v) is 8.25. The predicted octanol–water partition coefficient (Wildman–Crippen LogP) is 8.99. The first kappa shape index (κ1) is 51.5. The topological polar surface area (TPSA) is 119 Å². The average Bonchev–Trinajstić information content (AvgIpc) is 3.35. The van der Waals surface area contributed by atoms with Crippen molar-refractivity contribution in [2.24, 2.45) is 5.41 Å². The van der Waals surface area contributed by atoms with Crippen LogP contribution in [0.5, 0.6) is 0 Å². The van der Waals surface area contributed by atoms with Gasteiger partial charge in [-0.1, -0.05) is 158 Å². The number of carbonyl (C=O) groups excluding carboxylic acids is 1. The minimum atomic E-state index is -1.19. The smallest absolute Gasteiger partial charge is 0.312 e. The highest BCUT2D eigenvalue weighted by atomic mass is 31.0. The molecule has 2 fully saturated rings. The van der Waals surface area contributed by atoms with Crippen LogP contribution in [0, 0.1) is 5.41 Å². The molecule has 5 aromatic carbocycles. The van der Waals surface area contributed by atoms with Gasteiger partial charge in [-0.2, -0.15) is 0 Å². The Bertz CT molecular complexity index is 2190. The normalized spacial score (nSPS) is 25.1. The van der Waals surface area contributed by atoms with Crippen LogP contribution in [0.2, 0.25) is 6.82 Å². The van der Waals surface area contributed by atoms with E-state index in [2.05, 4.69) is 9.12 Å². The summed E-state index contributed by atoms with van der Waals surface area (Å²) in [5.41, 5.74) is 3.93. The molecule has 0 spiro atoms. The number of methoxy groups -OCH3 is 1. The maximum Gasteiger partial charge on any atom is 0.312 e. The Kier molecular flexibility index (Phi) is 19.7. The van der Waals surface area contributed by atoms with Crippen molar-refractivity contribution in [1.82, 2.24) is 0 Å². The highest BCUT2D eigenvalue weighted by Gasteiger charge is 2.53. The van der Waals surface area contributed by atoms with E-state index >= 15 is 0 Å². The first-order valence-electron chi connectivity index (χ1n) is 23.4. The maximum atomic E-state index is 14.1. The van der Waals surface area contributed by atoms with Crippen LogP contribution in [-0.2, 0) is 89.9 Å².